The molecular weight excluding hydrogens is 256 g/mol. The van der Waals surface area contributed by atoms with Crippen LogP contribution in [0.15, 0.2) is 42.5 Å². The van der Waals surface area contributed by atoms with Crippen LogP contribution in [0.5, 0.6) is 0 Å². The van der Waals surface area contributed by atoms with Gasteiger partial charge >= 0.3 is 0 Å². The van der Waals surface area contributed by atoms with E-state index < -0.39 is 12.2 Å². The fourth-order valence-corrected chi connectivity index (χ4v) is 2.87. The normalized spacial score (nSPS) is 15.7. The molecule has 2 atom stereocenters. The van der Waals surface area contributed by atoms with Crippen molar-refractivity contribution < 1.29 is 10.2 Å². The Morgan fingerprint density at radius 1 is 1.00 bits per heavy atom. The second-order valence-corrected chi connectivity index (χ2v) is 5.31. The molecule has 19 heavy (non-hydrogen) atoms. The van der Waals surface area contributed by atoms with Crippen LogP contribution in [0.2, 0.25) is 0 Å². The maximum absolute atomic E-state index is 10.0. The summed E-state index contributed by atoms with van der Waals surface area (Å²) in [7, 11) is 0. The molecular formula is C16H16O2S. The molecule has 2 nitrogen and oxygen atoms in total. The molecule has 0 aromatic heterocycles. The van der Waals surface area contributed by atoms with Crippen LogP contribution in [0.3, 0.4) is 0 Å². The van der Waals surface area contributed by atoms with Gasteiger partial charge in [0.05, 0.1) is 6.10 Å². The van der Waals surface area contributed by atoms with Gasteiger partial charge in [0.1, 0.15) is 6.10 Å². The summed E-state index contributed by atoms with van der Waals surface area (Å²) in [6.07, 6.45) is -0.806. The van der Waals surface area contributed by atoms with Crippen molar-refractivity contribution in [3.8, 4) is 11.1 Å². The number of aliphatic hydroxyl groups is 2. The molecule has 0 saturated heterocycles. The summed E-state index contributed by atoms with van der Waals surface area (Å²) in [4.78, 5) is 0. The largest absolute Gasteiger partial charge is 0.389 e. The van der Waals surface area contributed by atoms with Crippen molar-refractivity contribution in [2.75, 3.05) is 5.75 Å². The summed E-state index contributed by atoms with van der Waals surface area (Å²) < 4.78 is 0. The maximum atomic E-state index is 10.0. The third-order valence-corrected chi connectivity index (χ3v) is 4.08. The van der Waals surface area contributed by atoms with Gasteiger partial charge in [-0.05, 0) is 34.2 Å². The molecule has 0 radical (unpaired) electrons. The molecule has 0 aliphatic heterocycles. The number of fused-ring (bicyclic) bond motifs is 3. The van der Waals surface area contributed by atoms with Crippen molar-refractivity contribution in [1.82, 2.24) is 0 Å². The lowest BCUT2D eigenvalue weighted by Gasteiger charge is -2.17. The van der Waals surface area contributed by atoms with E-state index in [-0.39, 0.29) is 5.75 Å². The van der Waals surface area contributed by atoms with Crippen LogP contribution in [0, 0.1) is 0 Å². The van der Waals surface area contributed by atoms with E-state index in [2.05, 4.69) is 24.8 Å². The van der Waals surface area contributed by atoms with Crippen LogP contribution in [-0.2, 0) is 6.42 Å². The van der Waals surface area contributed by atoms with Crippen molar-refractivity contribution in [3.05, 3.63) is 59.2 Å². The summed E-state index contributed by atoms with van der Waals surface area (Å²) in [5.74, 6) is 0.248. The van der Waals surface area contributed by atoms with Gasteiger partial charge in [-0.15, -0.1) is 0 Å². The summed E-state index contributed by atoms with van der Waals surface area (Å²) in [5.41, 5.74) is 5.79. The Morgan fingerprint density at radius 2 is 1.74 bits per heavy atom. The van der Waals surface area contributed by atoms with E-state index in [1.807, 2.05) is 30.3 Å². The molecule has 0 fully saturated rings. The first-order valence-corrected chi connectivity index (χ1v) is 7.02. The Labute approximate surface area is 118 Å². The van der Waals surface area contributed by atoms with Crippen molar-refractivity contribution in [2.24, 2.45) is 0 Å². The van der Waals surface area contributed by atoms with Gasteiger partial charge in [-0.3, -0.25) is 0 Å². The van der Waals surface area contributed by atoms with Gasteiger partial charge < -0.3 is 10.2 Å². The Morgan fingerprint density at radius 3 is 2.53 bits per heavy atom. The maximum Gasteiger partial charge on any atom is 0.106 e. The Bertz CT molecular complexity index is 609. The van der Waals surface area contributed by atoms with Crippen LogP contribution < -0.4 is 0 Å². The average Bonchev–Trinajstić information content (AvgIpc) is 2.83. The average molecular weight is 272 g/mol. The molecule has 98 valence electrons. The minimum absolute atomic E-state index is 0.248. The highest BCUT2D eigenvalue weighted by Gasteiger charge is 2.22. The van der Waals surface area contributed by atoms with E-state index in [0.29, 0.717) is 0 Å². The quantitative estimate of drug-likeness (QED) is 0.641. The van der Waals surface area contributed by atoms with Crippen molar-refractivity contribution in [1.29, 1.82) is 0 Å². The molecule has 0 amide bonds. The first-order chi connectivity index (χ1) is 9.20. The van der Waals surface area contributed by atoms with Crippen molar-refractivity contribution >= 4 is 12.6 Å². The molecule has 3 heteroatoms. The zero-order valence-electron chi connectivity index (χ0n) is 10.5. The van der Waals surface area contributed by atoms with Crippen LogP contribution >= 0.6 is 12.6 Å². The summed E-state index contributed by atoms with van der Waals surface area (Å²) in [6, 6.07) is 14.3. The Hall–Kier alpha value is -1.29. The van der Waals surface area contributed by atoms with Gasteiger partial charge in [0, 0.05) is 5.75 Å². The zero-order chi connectivity index (χ0) is 13.4. The van der Waals surface area contributed by atoms with Gasteiger partial charge in [-0.1, -0.05) is 42.5 Å². The van der Waals surface area contributed by atoms with Gasteiger partial charge in [-0.25, -0.2) is 0 Å². The number of aliphatic hydroxyl groups excluding tert-OH is 2. The fourth-order valence-electron chi connectivity index (χ4n) is 2.67. The predicted molar refractivity (Wildman–Crippen MR) is 79.5 cm³/mol. The Kier molecular flexibility index (Phi) is 3.35. The number of thiol groups is 1. The lowest BCUT2D eigenvalue weighted by Crippen LogP contribution is -2.19. The van der Waals surface area contributed by atoms with Crippen molar-refractivity contribution in [2.45, 2.75) is 18.6 Å². The fraction of sp³-hybridized carbons (Fsp3) is 0.250. The highest BCUT2D eigenvalue weighted by molar-refractivity contribution is 7.80. The lowest BCUT2D eigenvalue weighted by molar-refractivity contribution is 0.0337. The molecule has 0 heterocycles. The monoisotopic (exact) mass is 272 g/mol. The third kappa shape index (κ3) is 2.18. The molecule has 0 saturated carbocycles. The van der Waals surface area contributed by atoms with Crippen molar-refractivity contribution in [3.63, 3.8) is 0 Å². The number of hydrogen-bond acceptors (Lipinski definition) is 3. The molecule has 1 aliphatic carbocycles. The van der Waals surface area contributed by atoms with E-state index >= 15 is 0 Å². The van der Waals surface area contributed by atoms with Gasteiger partial charge in [0.25, 0.3) is 0 Å². The molecule has 2 aromatic carbocycles. The minimum Gasteiger partial charge on any atom is -0.389 e. The molecule has 0 bridgehead atoms. The third-order valence-electron chi connectivity index (χ3n) is 3.71. The smallest absolute Gasteiger partial charge is 0.106 e. The minimum atomic E-state index is -0.869. The van der Waals surface area contributed by atoms with Crippen LogP contribution in [0.1, 0.15) is 22.8 Å². The first-order valence-electron chi connectivity index (χ1n) is 6.39. The predicted octanol–water partition coefficient (Wildman–Crippen LogP) is 2.58. The van der Waals surface area contributed by atoms with E-state index in [1.54, 1.807) is 0 Å². The first kappa shape index (κ1) is 12.7. The Balaban J connectivity index is 1.98. The molecule has 2 N–H and O–H groups in total. The van der Waals surface area contributed by atoms with E-state index in [9.17, 15) is 10.2 Å². The molecule has 3 rings (SSSR count). The van der Waals surface area contributed by atoms with Crippen LogP contribution in [0.4, 0.5) is 0 Å². The van der Waals surface area contributed by atoms with E-state index in [4.69, 9.17) is 0 Å². The highest BCUT2D eigenvalue weighted by atomic mass is 32.1. The second-order valence-electron chi connectivity index (χ2n) is 4.95. The highest BCUT2D eigenvalue weighted by Crippen LogP contribution is 2.37. The van der Waals surface area contributed by atoms with Gasteiger partial charge in [0.2, 0.25) is 0 Å². The summed E-state index contributed by atoms with van der Waals surface area (Å²) in [5, 5.41) is 19.7. The summed E-state index contributed by atoms with van der Waals surface area (Å²) >= 11 is 4.02. The molecule has 1 aliphatic rings. The van der Waals surface area contributed by atoms with Gasteiger partial charge in [0.15, 0.2) is 0 Å². The zero-order valence-corrected chi connectivity index (χ0v) is 11.3. The van der Waals surface area contributed by atoms with E-state index in [0.717, 1.165) is 12.0 Å². The molecule has 0 spiro atoms. The molecule has 2 aromatic rings. The van der Waals surface area contributed by atoms with Crippen LogP contribution in [-0.4, -0.2) is 22.1 Å². The second kappa shape index (κ2) is 5.00. The number of hydrogen-bond donors (Lipinski definition) is 3. The SMILES string of the molecule is OC(CS)C(O)c1ccc2c(c1)Cc1ccccc1-2. The number of rotatable bonds is 3. The summed E-state index contributed by atoms with van der Waals surface area (Å²) in [6.45, 7) is 0. The van der Waals surface area contributed by atoms with Crippen LogP contribution in [0.25, 0.3) is 11.1 Å². The molecule has 2 unspecified atom stereocenters. The van der Waals surface area contributed by atoms with E-state index in [1.165, 1.54) is 22.3 Å². The van der Waals surface area contributed by atoms with Gasteiger partial charge in [-0.2, -0.15) is 12.6 Å². The standard InChI is InChI=1S/C16H16O2S/c17-15(9-19)16(18)11-5-6-14-12(8-11)7-10-3-1-2-4-13(10)14/h1-6,8,15-19H,7,9H2. The lowest BCUT2D eigenvalue weighted by atomic mass is 9.99. The topological polar surface area (TPSA) is 40.5 Å². The number of benzene rings is 2.